The van der Waals surface area contributed by atoms with Crippen molar-refractivity contribution in [2.24, 2.45) is 0 Å². The van der Waals surface area contributed by atoms with Crippen molar-refractivity contribution in [2.75, 3.05) is 6.54 Å². The summed E-state index contributed by atoms with van der Waals surface area (Å²) in [6.07, 6.45) is 5.50. The predicted octanol–water partition coefficient (Wildman–Crippen LogP) is -0.160. The fourth-order valence-electron chi connectivity index (χ4n) is 1.30. The standard InChI is InChI=1S/C10H16N2O4/c1-10(16,8(13)14)6-11-9(15)12-7-4-2-3-5-7/h2-3,7,16H,4-6H2,1H3,(H,13,14)(H2,11,12,15). The number of hydrogen-bond donors (Lipinski definition) is 4. The largest absolute Gasteiger partial charge is 0.479 e. The number of urea groups is 1. The average molecular weight is 228 g/mol. The van der Waals surface area contributed by atoms with Gasteiger partial charge in [0.1, 0.15) is 0 Å². The van der Waals surface area contributed by atoms with Gasteiger partial charge in [-0.05, 0) is 19.8 Å². The van der Waals surface area contributed by atoms with Crippen molar-refractivity contribution in [3.05, 3.63) is 12.2 Å². The molecule has 0 aliphatic heterocycles. The van der Waals surface area contributed by atoms with Crippen LogP contribution in [0.2, 0.25) is 0 Å². The van der Waals surface area contributed by atoms with Crippen LogP contribution in [0, 0.1) is 0 Å². The Bertz CT molecular complexity index is 304. The molecule has 2 amide bonds. The summed E-state index contributed by atoms with van der Waals surface area (Å²) in [6, 6.07) is -0.398. The van der Waals surface area contributed by atoms with Crippen molar-refractivity contribution < 1.29 is 19.8 Å². The third-order valence-corrected chi connectivity index (χ3v) is 2.40. The molecule has 0 aromatic carbocycles. The van der Waals surface area contributed by atoms with Crippen LogP contribution in [0.3, 0.4) is 0 Å². The predicted molar refractivity (Wildman–Crippen MR) is 57.0 cm³/mol. The van der Waals surface area contributed by atoms with Gasteiger partial charge in [-0.25, -0.2) is 9.59 Å². The third kappa shape index (κ3) is 3.54. The van der Waals surface area contributed by atoms with E-state index in [0.717, 1.165) is 19.8 Å². The van der Waals surface area contributed by atoms with Gasteiger partial charge in [0.25, 0.3) is 0 Å². The summed E-state index contributed by atoms with van der Waals surface area (Å²) in [4.78, 5) is 21.9. The van der Waals surface area contributed by atoms with Crippen molar-refractivity contribution in [1.29, 1.82) is 0 Å². The topological polar surface area (TPSA) is 98.7 Å². The van der Waals surface area contributed by atoms with E-state index < -0.39 is 17.6 Å². The zero-order chi connectivity index (χ0) is 12.2. The molecule has 0 aromatic rings. The molecule has 0 spiro atoms. The fraction of sp³-hybridized carbons (Fsp3) is 0.600. The molecule has 0 aromatic heterocycles. The van der Waals surface area contributed by atoms with Crippen molar-refractivity contribution in [3.8, 4) is 0 Å². The van der Waals surface area contributed by atoms with Gasteiger partial charge < -0.3 is 20.8 Å². The molecule has 6 nitrogen and oxygen atoms in total. The molecule has 1 unspecified atom stereocenters. The monoisotopic (exact) mass is 228 g/mol. The van der Waals surface area contributed by atoms with Crippen LogP contribution < -0.4 is 10.6 Å². The van der Waals surface area contributed by atoms with Crippen LogP contribution in [-0.4, -0.2) is 40.4 Å². The minimum atomic E-state index is -1.94. The first-order valence-corrected chi connectivity index (χ1v) is 5.07. The van der Waals surface area contributed by atoms with Gasteiger partial charge in [0, 0.05) is 6.04 Å². The molecule has 1 aliphatic carbocycles. The molecule has 0 saturated carbocycles. The molecule has 1 rings (SSSR count). The lowest BCUT2D eigenvalue weighted by atomic mass is 10.1. The van der Waals surface area contributed by atoms with Crippen LogP contribution in [0.5, 0.6) is 0 Å². The summed E-state index contributed by atoms with van der Waals surface area (Å²) in [6.45, 7) is 0.807. The first-order valence-electron chi connectivity index (χ1n) is 5.07. The highest BCUT2D eigenvalue weighted by molar-refractivity contribution is 5.79. The highest BCUT2D eigenvalue weighted by Gasteiger charge is 2.30. The summed E-state index contributed by atoms with van der Waals surface area (Å²) in [5, 5.41) is 23.0. The Morgan fingerprint density at radius 2 is 2.00 bits per heavy atom. The number of carboxylic acids is 1. The Morgan fingerprint density at radius 3 is 2.50 bits per heavy atom. The van der Waals surface area contributed by atoms with Crippen molar-refractivity contribution in [2.45, 2.75) is 31.4 Å². The Morgan fingerprint density at radius 1 is 1.44 bits per heavy atom. The molecule has 1 aliphatic rings. The lowest BCUT2D eigenvalue weighted by Gasteiger charge is -2.19. The third-order valence-electron chi connectivity index (χ3n) is 2.40. The zero-order valence-electron chi connectivity index (χ0n) is 9.06. The summed E-state index contributed by atoms with van der Waals surface area (Å²) in [5.41, 5.74) is -1.94. The van der Waals surface area contributed by atoms with Crippen LogP contribution in [0.1, 0.15) is 19.8 Å². The van der Waals surface area contributed by atoms with E-state index in [1.54, 1.807) is 0 Å². The SMILES string of the molecule is CC(O)(CNC(=O)NC1CC=CC1)C(=O)O. The minimum Gasteiger partial charge on any atom is -0.479 e. The first-order chi connectivity index (χ1) is 7.42. The van der Waals surface area contributed by atoms with Crippen LogP contribution in [-0.2, 0) is 4.79 Å². The smallest absolute Gasteiger partial charge is 0.337 e. The fourth-order valence-corrected chi connectivity index (χ4v) is 1.30. The van der Waals surface area contributed by atoms with Crippen LogP contribution in [0.25, 0.3) is 0 Å². The van der Waals surface area contributed by atoms with Gasteiger partial charge in [-0.1, -0.05) is 12.2 Å². The van der Waals surface area contributed by atoms with E-state index in [4.69, 9.17) is 5.11 Å². The number of carbonyl (C=O) groups excluding carboxylic acids is 1. The molecule has 1 atom stereocenters. The summed E-state index contributed by atoms with van der Waals surface area (Å²) >= 11 is 0. The molecule has 4 N–H and O–H groups in total. The molecule has 0 heterocycles. The second-order valence-corrected chi connectivity index (χ2v) is 4.05. The molecule has 16 heavy (non-hydrogen) atoms. The zero-order valence-corrected chi connectivity index (χ0v) is 9.06. The van der Waals surface area contributed by atoms with Crippen LogP contribution in [0.15, 0.2) is 12.2 Å². The minimum absolute atomic E-state index is 0.0646. The second-order valence-electron chi connectivity index (χ2n) is 4.05. The number of aliphatic carboxylic acids is 1. The van der Waals surface area contributed by atoms with Gasteiger partial charge in [-0.15, -0.1) is 0 Å². The normalized spacial score (nSPS) is 19.1. The number of nitrogens with one attached hydrogen (secondary N) is 2. The number of hydrogen-bond acceptors (Lipinski definition) is 3. The van der Waals surface area contributed by atoms with Crippen molar-refractivity contribution in [3.63, 3.8) is 0 Å². The van der Waals surface area contributed by atoms with Gasteiger partial charge in [0.15, 0.2) is 5.60 Å². The van der Waals surface area contributed by atoms with Crippen molar-refractivity contribution in [1.82, 2.24) is 10.6 Å². The van der Waals surface area contributed by atoms with E-state index in [-0.39, 0.29) is 12.6 Å². The van der Waals surface area contributed by atoms with Gasteiger partial charge in [0.2, 0.25) is 0 Å². The second kappa shape index (κ2) is 4.98. The van der Waals surface area contributed by atoms with Crippen molar-refractivity contribution >= 4 is 12.0 Å². The average Bonchev–Trinajstić information content (AvgIpc) is 2.67. The van der Waals surface area contributed by atoms with E-state index in [2.05, 4.69) is 10.6 Å². The number of rotatable bonds is 4. The Balaban J connectivity index is 2.27. The lowest BCUT2D eigenvalue weighted by molar-refractivity contribution is -0.155. The van der Waals surface area contributed by atoms with Crippen LogP contribution in [0.4, 0.5) is 4.79 Å². The summed E-state index contributed by atoms with van der Waals surface area (Å²) in [5.74, 6) is -1.37. The summed E-state index contributed by atoms with van der Waals surface area (Å²) < 4.78 is 0. The van der Waals surface area contributed by atoms with E-state index in [1.807, 2.05) is 12.2 Å². The maximum Gasteiger partial charge on any atom is 0.337 e. The van der Waals surface area contributed by atoms with Gasteiger partial charge in [0.05, 0.1) is 6.54 Å². The Kier molecular flexibility index (Phi) is 3.89. The molecule has 90 valence electrons. The maximum atomic E-state index is 11.3. The first kappa shape index (κ1) is 12.5. The van der Waals surface area contributed by atoms with Gasteiger partial charge in [-0.2, -0.15) is 0 Å². The van der Waals surface area contributed by atoms with E-state index in [9.17, 15) is 14.7 Å². The lowest BCUT2D eigenvalue weighted by Crippen LogP contribution is -2.50. The van der Waals surface area contributed by atoms with Crippen LogP contribution >= 0.6 is 0 Å². The molecule has 0 bridgehead atoms. The molecule has 0 fully saturated rings. The highest BCUT2D eigenvalue weighted by atomic mass is 16.4. The maximum absolute atomic E-state index is 11.3. The van der Waals surface area contributed by atoms with Gasteiger partial charge >= 0.3 is 12.0 Å². The molecular weight excluding hydrogens is 212 g/mol. The molecule has 0 radical (unpaired) electrons. The van der Waals surface area contributed by atoms with E-state index >= 15 is 0 Å². The number of carbonyl (C=O) groups is 2. The number of aliphatic hydroxyl groups is 1. The number of amides is 2. The highest BCUT2D eigenvalue weighted by Crippen LogP contribution is 2.08. The molecule has 6 heteroatoms. The molecular formula is C10H16N2O4. The Hall–Kier alpha value is -1.56. The summed E-state index contributed by atoms with van der Waals surface area (Å²) in [7, 11) is 0. The Labute approximate surface area is 93.3 Å². The van der Waals surface area contributed by atoms with E-state index in [1.165, 1.54) is 0 Å². The van der Waals surface area contributed by atoms with E-state index in [0.29, 0.717) is 0 Å². The number of carboxylic acid groups (broad SMARTS) is 1. The molecule has 0 saturated heterocycles. The quantitative estimate of drug-likeness (QED) is 0.502. The van der Waals surface area contributed by atoms with Gasteiger partial charge in [-0.3, -0.25) is 0 Å².